The second-order valence-electron chi connectivity index (χ2n) is 5.24. The molecule has 3 aliphatic heterocycles. The fourth-order valence-corrected chi connectivity index (χ4v) is 4.75. The van der Waals surface area contributed by atoms with Gasteiger partial charge in [0.2, 0.25) is 5.71 Å². The minimum absolute atomic E-state index is 0.0845. The minimum atomic E-state index is -1.28. The van der Waals surface area contributed by atoms with Crippen molar-refractivity contribution < 1.29 is 29.1 Å². The largest absolute Gasteiger partial charge is 0.490 e. The van der Waals surface area contributed by atoms with E-state index < -0.39 is 29.2 Å². The van der Waals surface area contributed by atoms with Crippen LogP contribution in [0.25, 0.3) is 0 Å². The van der Waals surface area contributed by atoms with Gasteiger partial charge in [-0.3, -0.25) is 14.5 Å². The number of carbonyl (C=O) groups excluding carboxylic acids is 2. The fourth-order valence-electron chi connectivity index (χ4n) is 2.57. The van der Waals surface area contributed by atoms with Crippen LogP contribution in [0.1, 0.15) is 0 Å². The Hall–Kier alpha value is -1.85. The first kappa shape index (κ1) is 18.9. The first-order valence-electron chi connectivity index (χ1n) is 7.39. The van der Waals surface area contributed by atoms with E-state index in [1.54, 1.807) is 5.41 Å². The molecule has 140 valence electrons. The van der Waals surface area contributed by atoms with E-state index in [2.05, 4.69) is 10.5 Å². The van der Waals surface area contributed by atoms with Crippen molar-refractivity contribution in [2.45, 2.75) is 11.4 Å². The number of rotatable bonds is 5. The average Bonchev–Trinajstić information content (AvgIpc) is 2.64. The highest BCUT2D eigenvalue weighted by Crippen LogP contribution is 2.41. The van der Waals surface area contributed by atoms with Crippen molar-refractivity contribution in [3.63, 3.8) is 0 Å². The molecule has 0 aliphatic carbocycles. The number of carboxylic acid groups (broad SMARTS) is 1. The molecule has 3 heterocycles. The Morgan fingerprint density at radius 1 is 1.54 bits per heavy atom. The van der Waals surface area contributed by atoms with Gasteiger partial charge in [-0.2, -0.15) is 0 Å². The maximum Gasteiger partial charge on any atom is 0.353 e. The quantitative estimate of drug-likeness (QED) is 0.376. The van der Waals surface area contributed by atoms with Crippen molar-refractivity contribution in [1.29, 1.82) is 0 Å². The molecule has 1 saturated heterocycles. The van der Waals surface area contributed by atoms with E-state index in [-0.39, 0.29) is 28.0 Å². The Balaban J connectivity index is 1.75. The second-order valence-corrected chi connectivity index (χ2v) is 7.78. The molecule has 26 heavy (non-hydrogen) atoms. The van der Waals surface area contributed by atoms with Gasteiger partial charge in [0.05, 0.1) is 11.6 Å². The number of fused-ring (bicyclic) bond motifs is 1. The van der Waals surface area contributed by atoms with Crippen molar-refractivity contribution >= 4 is 58.6 Å². The van der Waals surface area contributed by atoms with Crippen LogP contribution in [0.5, 0.6) is 0 Å². The number of carbonyl (C=O) groups is 3. The lowest BCUT2D eigenvalue weighted by molar-refractivity contribution is -0.150. The van der Waals surface area contributed by atoms with Crippen LogP contribution < -0.4 is 5.32 Å². The van der Waals surface area contributed by atoms with Gasteiger partial charge in [-0.15, -0.1) is 23.5 Å². The first-order valence-corrected chi connectivity index (χ1v) is 9.86. The van der Waals surface area contributed by atoms with Crippen LogP contribution in [-0.4, -0.2) is 70.1 Å². The zero-order valence-electron chi connectivity index (χ0n) is 13.4. The van der Waals surface area contributed by atoms with Gasteiger partial charge in [-0.1, -0.05) is 16.8 Å². The molecule has 3 aliphatic rings. The summed E-state index contributed by atoms with van der Waals surface area (Å²) in [5.41, 5.74) is -0.329. The van der Waals surface area contributed by atoms with Gasteiger partial charge in [-0.05, 0) is 0 Å². The Kier molecular flexibility index (Phi) is 5.68. The number of halogens is 1. The number of hydrogen-bond acceptors (Lipinski definition) is 8. The number of ether oxygens (including phenoxy) is 1. The van der Waals surface area contributed by atoms with Crippen LogP contribution in [0.2, 0.25) is 0 Å². The lowest BCUT2D eigenvalue weighted by atomic mass is 10.0. The van der Waals surface area contributed by atoms with E-state index in [1.165, 1.54) is 30.6 Å². The third kappa shape index (κ3) is 3.38. The van der Waals surface area contributed by atoms with Gasteiger partial charge < -0.3 is 20.0 Å². The molecule has 2 amide bonds. The Morgan fingerprint density at radius 2 is 2.31 bits per heavy atom. The Labute approximate surface area is 161 Å². The number of hydrogen-bond donors (Lipinski definition) is 2. The van der Waals surface area contributed by atoms with Gasteiger partial charge in [0.15, 0.2) is 5.76 Å². The van der Waals surface area contributed by atoms with Gasteiger partial charge in [-0.25, -0.2) is 4.79 Å². The highest BCUT2D eigenvalue weighted by Gasteiger charge is 2.54. The normalized spacial score (nSPS) is 25.6. The van der Waals surface area contributed by atoms with E-state index >= 15 is 0 Å². The summed E-state index contributed by atoms with van der Waals surface area (Å²) in [5.74, 6) is -1.21. The molecule has 0 saturated carbocycles. The number of oxime groups is 1. The number of nitrogens with zero attached hydrogens (tertiary/aromatic N) is 2. The summed E-state index contributed by atoms with van der Waals surface area (Å²) in [5, 5.41) is 16.7. The van der Waals surface area contributed by atoms with Crippen LogP contribution in [0.4, 0.5) is 0 Å². The number of thioether (sulfide) groups is 2. The molecular weight excluding hydrogens is 406 g/mol. The molecule has 12 heteroatoms. The smallest absolute Gasteiger partial charge is 0.353 e. The van der Waals surface area contributed by atoms with Crippen molar-refractivity contribution in [2.75, 3.05) is 25.2 Å². The van der Waals surface area contributed by atoms with E-state index in [9.17, 15) is 19.5 Å². The summed E-state index contributed by atoms with van der Waals surface area (Å²) in [4.78, 5) is 42.0. The Bertz CT molecular complexity index is 753. The summed E-state index contributed by atoms with van der Waals surface area (Å²) >= 11 is 8.66. The molecule has 1 fully saturated rings. The number of carboxylic acids is 1. The molecule has 0 aromatic heterocycles. The molecule has 2 atom stereocenters. The van der Waals surface area contributed by atoms with Crippen LogP contribution in [0.15, 0.2) is 27.1 Å². The monoisotopic (exact) mass is 419 g/mol. The summed E-state index contributed by atoms with van der Waals surface area (Å²) in [6.07, 6.45) is 0. The summed E-state index contributed by atoms with van der Waals surface area (Å²) in [6, 6.07) is -0.884. The molecule has 0 aromatic rings. The van der Waals surface area contributed by atoms with Crippen LogP contribution in [0.3, 0.4) is 0 Å². The van der Waals surface area contributed by atoms with Gasteiger partial charge in [0, 0.05) is 16.9 Å². The highest BCUT2D eigenvalue weighted by molar-refractivity contribution is 8.02. The van der Waals surface area contributed by atoms with Crippen LogP contribution in [-0.2, 0) is 24.0 Å². The molecule has 3 rings (SSSR count). The lowest BCUT2D eigenvalue weighted by Crippen LogP contribution is -2.71. The van der Waals surface area contributed by atoms with Crippen molar-refractivity contribution in [1.82, 2.24) is 10.2 Å². The highest BCUT2D eigenvalue weighted by atomic mass is 35.5. The number of β-lactam (4-membered cyclic amide) rings is 1. The number of amides is 2. The van der Waals surface area contributed by atoms with Crippen molar-refractivity contribution in [2.24, 2.45) is 5.16 Å². The summed E-state index contributed by atoms with van der Waals surface area (Å²) in [7, 11) is 1.29. The molecule has 2 unspecified atom stereocenters. The average molecular weight is 420 g/mol. The molecule has 9 nitrogen and oxygen atoms in total. The number of aliphatic carboxylic acids is 1. The number of nitrogens with one attached hydrogen (secondary N) is 1. The van der Waals surface area contributed by atoms with Crippen molar-refractivity contribution in [3.05, 3.63) is 21.9 Å². The zero-order valence-corrected chi connectivity index (χ0v) is 15.8. The van der Waals surface area contributed by atoms with E-state index in [1.807, 2.05) is 0 Å². The molecular formula is C14H14ClN3O6S2. The predicted octanol–water partition coefficient (Wildman–Crippen LogP) is 0.529. The summed E-state index contributed by atoms with van der Waals surface area (Å²) < 4.78 is 5.41. The van der Waals surface area contributed by atoms with Crippen molar-refractivity contribution in [3.8, 4) is 0 Å². The minimum Gasteiger partial charge on any atom is -0.490 e. The summed E-state index contributed by atoms with van der Waals surface area (Å²) in [6.45, 7) is 0.423. The van der Waals surface area contributed by atoms with Crippen LogP contribution >= 0.6 is 35.1 Å². The maximum atomic E-state index is 12.5. The maximum absolute atomic E-state index is 12.5. The molecule has 2 N–H and O–H groups in total. The second kappa shape index (κ2) is 7.80. The SMILES string of the molecule is CO/N=C(/C(=O)NC1C(=O)N2C(C(=O)O)=C(Cl)CSC12)C1=CSCCO1. The zero-order chi connectivity index (χ0) is 18.8. The third-order valence-electron chi connectivity index (χ3n) is 3.69. The van der Waals surface area contributed by atoms with Crippen LogP contribution in [0, 0.1) is 0 Å². The molecule has 0 bridgehead atoms. The van der Waals surface area contributed by atoms with E-state index in [0.717, 1.165) is 10.7 Å². The Morgan fingerprint density at radius 3 is 2.92 bits per heavy atom. The van der Waals surface area contributed by atoms with Gasteiger partial charge in [0.25, 0.3) is 11.8 Å². The third-order valence-corrected chi connectivity index (χ3v) is 6.23. The standard InChI is InChI=1S/C14H14ClN3O6S2/c1-23-17-8(7-5-25-3-2-24-7)11(19)16-9-12(20)18-10(14(21)22)6(15)4-26-13(9)18/h5,9,13H,2-4H2,1H3,(H,16,19)(H,21,22)/b17-8+. The lowest BCUT2D eigenvalue weighted by Gasteiger charge is -2.48. The topological polar surface area (TPSA) is 118 Å². The van der Waals surface area contributed by atoms with Gasteiger partial charge >= 0.3 is 5.97 Å². The van der Waals surface area contributed by atoms with Gasteiger partial charge in [0.1, 0.15) is 24.2 Å². The van der Waals surface area contributed by atoms with E-state index in [0.29, 0.717) is 6.61 Å². The predicted molar refractivity (Wildman–Crippen MR) is 96.5 cm³/mol. The molecule has 0 radical (unpaired) electrons. The van der Waals surface area contributed by atoms with E-state index in [4.69, 9.17) is 21.2 Å². The first-order chi connectivity index (χ1) is 12.5. The fraction of sp³-hybridized carbons (Fsp3) is 0.429. The molecule has 0 aromatic carbocycles. The molecule has 0 spiro atoms.